The Bertz CT molecular complexity index is 1170. The lowest BCUT2D eigenvalue weighted by Gasteiger charge is -2.26. The largest absolute Gasteiger partial charge is 0.493 e. The van der Waals surface area contributed by atoms with E-state index in [0.717, 1.165) is 58.3 Å². The van der Waals surface area contributed by atoms with Crippen LogP contribution in [0, 0.1) is 6.92 Å². The standard InChI is InChI=1S/C28H29BrN2O3/c1-20-16-24(11-12-25(20)29)30-18-22-8-13-26(27(17-22)33-2)34-19-21-6-9-23(10-7-21)28(32)31-14-4-3-5-15-31/h6-13,16-18H,3-5,14-15,19H2,1-2H3. The molecule has 6 heteroatoms. The van der Waals surface area contributed by atoms with Crippen LogP contribution >= 0.6 is 15.9 Å². The maximum Gasteiger partial charge on any atom is 0.253 e. The van der Waals surface area contributed by atoms with Crippen LogP contribution in [0.1, 0.15) is 46.3 Å². The molecule has 0 spiro atoms. The highest BCUT2D eigenvalue weighted by molar-refractivity contribution is 9.10. The van der Waals surface area contributed by atoms with Crippen LogP contribution in [0.25, 0.3) is 0 Å². The normalized spacial score (nSPS) is 13.8. The summed E-state index contributed by atoms with van der Waals surface area (Å²) in [5.41, 5.74) is 4.67. The molecular weight excluding hydrogens is 492 g/mol. The minimum atomic E-state index is 0.115. The van der Waals surface area contributed by atoms with Gasteiger partial charge in [-0.2, -0.15) is 0 Å². The summed E-state index contributed by atoms with van der Waals surface area (Å²) in [6.07, 6.45) is 5.21. The van der Waals surface area contributed by atoms with E-state index in [-0.39, 0.29) is 5.91 Å². The van der Waals surface area contributed by atoms with Gasteiger partial charge in [0.25, 0.3) is 5.91 Å². The van der Waals surface area contributed by atoms with Crippen molar-refractivity contribution in [1.82, 2.24) is 4.90 Å². The number of carbonyl (C=O) groups excluding carboxylic acids is 1. The maximum atomic E-state index is 12.6. The first-order valence-corrected chi connectivity index (χ1v) is 12.3. The van der Waals surface area contributed by atoms with Crippen molar-refractivity contribution in [2.75, 3.05) is 20.2 Å². The number of hydrogen-bond acceptors (Lipinski definition) is 4. The van der Waals surface area contributed by atoms with E-state index in [1.807, 2.05) is 78.7 Å². The number of halogens is 1. The third-order valence-corrected chi connectivity index (χ3v) is 6.82. The maximum absolute atomic E-state index is 12.6. The molecule has 0 aromatic heterocycles. The minimum absolute atomic E-state index is 0.115. The van der Waals surface area contributed by atoms with Gasteiger partial charge in [0.2, 0.25) is 0 Å². The summed E-state index contributed by atoms with van der Waals surface area (Å²) in [4.78, 5) is 19.2. The van der Waals surface area contributed by atoms with Gasteiger partial charge in [-0.05, 0) is 91.4 Å². The van der Waals surface area contributed by atoms with E-state index in [9.17, 15) is 4.79 Å². The van der Waals surface area contributed by atoms with Crippen molar-refractivity contribution >= 4 is 33.7 Å². The van der Waals surface area contributed by atoms with Gasteiger partial charge in [0.15, 0.2) is 11.5 Å². The van der Waals surface area contributed by atoms with Crippen molar-refractivity contribution in [3.63, 3.8) is 0 Å². The van der Waals surface area contributed by atoms with E-state index in [4.69, 9.17) is 9.47 Å². The molecule has 0 bridgehead atoms. The number of benzene rings is 3. The van der Waals surface area contributed by atoms with Gasteiger partial charge >= 0.3 is 0 Å². The first-order chi connectivity index (χ1) is 16.5. The second-order valence-electron chi connectivity index (χ2n) is 8.44. The number of likely N-dealkylation sites (tertiary alicyclic amines) is 1. The summed E-state index contributed by atoms with van der Waals surface area (Å²) < 4.78 is 12.6. The summed E-state index contributed by atoms with van der Waals surface area (Å²) in [5.74, 6) is 1.42. The van der Waals surface area contributed by atoms with Crippen LogP contribution < -0.4 is 9.47 Å². The lowest BCUT2D eigenvalue weighted by Crippen LogP contribution is -2.35. The third kappa shape index (κ3) is 6.06. The number of piperidine rings is 1. The zero-order chi connectivity index (χ0) is 23.9. The van der Waals surface area contributed by atoms with Crippen molar-refractivity contribution in [2.24, 2.45) is 4.99 Å². The molecule has 1 saturated heterocycles. The average molecular weight is 521 g/mol. The van der Waals surface area contributed by atoms with Gasteiger partial charge in [0, 0.05) is 29.3 Å². The Kier molecular flexibility index (Phi) is 8.01. The van der Waals surface area contributed by atoms with Crippen molar-refractivity contribution < 1.29 is 14.3 Å². The highest BCUT2D eigenvalue weighted by Crippen LogP contribution is 2.29. The van der Waals surface area contributed by atoms with Crippen LogP contribution in [-0.4, -0.2) is 37.2 Å². The summed E-state index contributed by atoms with van der Waals surface area (Å²) >= 11 is 3.51. The van der Waals surface area contributed by atoms with E-state index >= 15 is 0 Å². The van der Waals surface area contributed by atoms with E-state index < -0.39 is 0 Å². The van der Waals surface area contributed by atoms with E-state index in [1.54, 1.807) is 7.11 Å². The molecule has 1 aliphatic heterocycles. The lowest BCUT2D eigenvalue weighted by molar-refractivity contribution is 0.0724. The van der Waals surface area contributed by atoms with Crippen LogP contribution in [0.4, 0.5) is 5.69 Å². The van der Waals surface area contributed by atoms with Gasteiger partial charge in [-0.15, -0.1) is 0 Å². The Labute approximate surface area is 209 Å². The third-order valence-electron chi connectivity index (χ3n) is 5.93. The Morgan fingerprint density at radius 1 is 1.00 bits per heavy atom. The van der Waals surface area contributed by atoms with Gasteiger partial charge in [0.05, 0.1) is 12.8 Å². The Balaban J connectivity index is 1.38. The van der Waals surface area contributed by atoms with Crippen LogP contribution in [0.2, 0.25) is 0 Å². The summed E-state index contributed by atoms with van der Waals surface area (Å²) in [6.45, 7) is 4.14. The molecule has 4 rings (SSSR count). The van der Waals surface area contributed by atoms with Crippen molar-refractivity contribution in [1.29, 1.82) is 0 Å². The number of nitrogens with zero attached hydrogens (tertiary/aromatic N) is 2. The predicted octanol–water partition coefficient (Wildman–Crippen LogP) is 6.72. The number of aryl methyl sites for hydroxylation is 1. The summed E-state index contributed by atoms with van der Waals surface area (Å²) in [5, 5.41) is 0. The molecule has 1 amide bonds. The molecule has 0 atom stereocenters. The molecule has 0 saturated carbocycles. The molecule has 176 valence electrons. The molecule has 3 aromatic rings. The molecule has 0 N–H and O–H groups in total. The minimum Gasteiger partial charge on any atom is -0.493 e. The molecule has 1 aliphatic rings. The number of aliphatic imine (C=N–C) groups is 1. The highest BCUT2D eigenvalue weighted by Gasteiger charge is 2.18. The van der Waals surface area contributed by atoms with Gasteiger partial charge in [-0.1, -0.05) is 28.1 Å². The second kappa shape index (κ2) is 11.3. The van der Waals surface area contributed by atoms with Gasteiger partial charge < -0.3 is 14.4 Å². The Morgan fingerprint density at radius 3 is 2.47 bits per heavy atom. The van der Waals surface area contributed by atoms with Crippen LogP contribution in [0.5, 0.6) is 11.5 Å². The number of ether oxygens (including phenoxy) is 2. The summed E-state index contributed by atoms with van der Waals surface area (Å²) in [6, 6.07) is 19.4. The predicted molar refractivity (Wildman–Crippen MR) is 140 cm³/mol. The van der Waals surface area contributed by atoms with E-state index in [0.29, 0.717) is 18.1 Å². The van der Waals surface area contributed by atoms with Crippen molar-refractivity contribution in [3.05, 3.63) is 87.4 Å². The van der Waals surface area contributed by atoms with Gasteiger partial charge in [-0.25, -0.2) is 0 Å². The smallest absolute Gasteiger partial charge is 0.253 e. The number of rotatable bonds is 7. The number of hydrogen-bond donors (Lipinski definition) is 0. The van der Waals surface area contributed by atoms with Crippen LogP contribution in [0.15, 0.2) is 70.1 Å². The molecule has 3 aromatic carbocycles. The molecule has 0 aliphatic carbocycles. The Morgan fingerprint density at radius 2 is 1.76 bits per heavy atom. The summed E-state index contributed by atoms with van der Waals surface area (Å²) in [7, 11) is 1.63. The monoisotopic (exact) mass is 520 g/mol. The zero-order valence-electron chi connectivity index (χ0n) is 19.6. The topological polar surface area (TPSA) is 51.1 Å². The molecule has 1 heterocycles. The van der Waals surface area contributed by atoms with Gasteiger partial charge in [-0.3, -0.25) is 9.79 Å². The average Bonchev–Trinajstić information content (AvgIpc) is 2.88. The van der Waals surface area contributed by atoms with Crippen LogP contribution in [-0.2, 0) is 6.61 Å². The molecule has 5 nitrogen and oxygen atoms in total. The molecule has 0 unspecified atom stereocenters. The molecule has 34 heavy (non-hydrogen) atoms. The molecule has 1 fully saturated rings. The first kappa shape index (κ1) is 24.0. The fraction of sp³-hybridized carbons (Fsp3) is 0.286. The van der Waals surface area contributed by atoms with Crippen LogP contribution in [0.3, 0.4) is 0 Å². The quantitative estimate of drug-likeness (QED) is 0.325. The van der Waals surface area contributed by atoms with Gasteiger partial charge in [0.1, 0.15) is 6.61 Å². The van der Waals surface area contributed by atoms with Crippen molar-refractivity contribution in [3.8, 4) is 11.5 Å². The molecule has 0 radical (unpaired) electrons. The highest BCUT2D eigenvalue weighted by atomic mass is 79.9. The second-order valence-corrected chi connectivity index (χ2v) is 9.29. The molecular formula is C28H29BrN2O3. The zero-order valence-corrected chi connectivity index (χ0v) is 21.2. The fourth-order valence-corrected chi connectivity index (χ4v) is 4.17. The first-order valence-electron chi connectivity index (χ1n) is 11.5. The fourth-order valence-electron chi connectivity index (χ4n) is 3.93. The Hall–Kier alpha value is -3.12. The van der Waals surface area contributed by atoms with E-state index in [1.165, 1.54) is 6.42 Å². The SMILES string of the molecule is COc1cc(C=Nc2ccc(Br)c(C)c2)ccc1OCc1ccc(C(=O)N2CCCCC2)cc1. The number of carbonyl (C=O) groups is 1. The van der Waals surface area contributed by atoms with Crippen molar-refractivity contribution in [2.45, 2.75) is 32.8 Å². The number of amides is 1. The lowest BCUT2D eigenvalue weighted by atomic mass is 10.1. The number of methoxy groups -OCH3 is 1. The van der Waals surface area contributed by atoms with E-state index in [2.05, 4.69) is 20.9 Å².